The molecule has 1 aromatic carbocycles. The van der Waals surface area contributed by atoms with E-state index in [0.29, 0.717) is 16.5 Å². The van der Waals surface area contributed by atoms with Crippen LogP contribution in [0.4, 0.5) is 0 Å². The summed E-state index contributed by atoms with van der Waals surface area (Å²) in [4.78, 5) is 23.5. The summed E-state index contributed by atoms with van der Waals surface area (Å²) in [6.07, 6.45) is 2.97. The van der Waals surface area contributed by atoms with E-state index in [1.807, 2.05) is 6.07 Å². The van der Waals surface area contributed by atoms with Crippen LogP contribution in [0, 0.1) is 11.8 Å². The Morgan fingerprint density at radius 2 is 1.95 bits per heavy atom. The van der Waals surface area contributed by atoms with Gasteiger partial charge >= 0.3 is 5.97 Å². The van der Waals surface area contributed by atoms with Gasteiger partial charge in [0.25, 0.3) is 0 Å². The molecule has 2 unspecified atom stereocenters. The predicted octanol–water partition coefficient (Wildman–Crippen LogP) is 3.47. The lowest BCUT2D eigenvalue weighted by atomic mass is 10.0. The maximum absolute atomic E-state index is 12.3. The van der Waals surface area contributed by atoms with Crippen molar-refractivity contribution in [1.82, 2.24) is 5.32 Å². The molecule has 0 heterocycles. The summed E-state index contributed by atoms with van der Waals surface area (Å²) in [6, 6.07) is 5.07. The van der Waals surface area contributed by atoms with Crippen molar-refractivity contribution in [2.45, 2.75) is 37.6 Å². The van der Waals surface area contributed by atoms with E-state index in [-0.39, 0.29) is 23.8 Å². The minimum atomic E-state index is -0.823. The van der Waals surface area contributed by atoms with Gasteiger partial charge in [0.15, 0.2) is 0 Å². The topological polar surface area (TPSA) is 66.4 Å². The minimum Gasteiger partial charge on any atom is -0.481 e. The van der Waals surface area contributed by atoms with Gasteiger partial charge in [0.2, 0.25) is 5.91 Å². The van der Waals surface area contributed by atoms with Crippen molar-refractivity contribution >= 4 is 35.1 Å². The first kappa shape index (κ1) is 15.6. The maximum Gasteiger partial charge on any atom is 0.308 e. The zero-order valence-corrected chi connectivity index (χ0v) is 13.4. The number of hydrogen-bond acceptors (Lipinski definition) is 2. The summed E-state index contributed by atoms with van der Waals surface area (Å²) < 4.78 is 0. The summed E-state index contributed by atoms with van der Waals surface area (Å²) in [6.45, 7) is 0. The van der Waals surface area contributed by atoms with Gasteiger partial charge in [-0.1, -0.05) is 35.7 Å². The van der Waals surface area contributed by atoms with E-state index >= 15 is 0 Å². The quantitative estimate of drug-likeness (QED) is 0.881. The SMILES string of the molecule is O=C(N[C@H]1CCC[C@H]1C(=O)O)C1CC1c1ccc(Cl)cc1Cl. The van der Waals surface area contributed by atoms with Crippen molar-refractivity contribution in [2.75, 3.05) is 0 Å². The fraction of sp³-hybridized carbons (Fsp3) is 0.500. The van der Waals surface area contributed by atoms with Crippen LogP contribution in [0.3, 0.4) is 0 Å². The Balaban J connectivity index is 1.62. The third-order valence-corrected chi connectivity index (χ3v) is 5.21. The molecule has 2 aliphatic carbocycles. The number of nitrogens with one attached hydrogen (secondary N) is 1. The first-order valence-corrected chi connectivity index (χ1v) is 8.21. The first-order chi connectivity index (χ1) is 10.5. The molecule has 0 spiro atoms. The molecule has 1 aromatic rings. The molecular formula is C16H17Cl2NO3. The molecule has 118 valence electrons. The van der Waals surface area contributed by atoms with Crippen molar-refractivity contribution in [1.29, 1.82) is 0 Å². The Morgan fingerprint density at radius 1 is 1.18 bits per heavy atom. The van der Waals surface area contributed by atoms with E-state index in [1.54, 1.807) is 12.1 Å². The van der Waals surface area contributed by atoms with Gasteiger partial charge in [-0.15, -0.1) is 0 Å². The zero-order chi connectivity index (χ0) is 15.9. The molecule has 0 saturated heterocycles. The predicted molar refractivity (Wildman–Crippen MR) is 84.2 cm³/mol. The smallest absolute Gasteiger partial charge is 0.308 e. The van der Waals surface area contributed by atoms with Gasteiger partial charge < -0.3 is 10.4 Å². The molecule has 2 N–H and O–H groups in total. The van der Waals surface area contributed by atoms with Gasteiger partial charge in [-0.25, -0.2) is 0 Å². The van der Waals surface area contributed by atoms with Crippen LogP contribution in [-0.2, 0) is 9.59 Å². The molecule has 2 aliphatic rings. The summed E-state index contributed by atoms with van der Waals surface area (Å²) in [5, 5.41) is 13.2. The number of aliphatic carboxylic acids is 1. The Labute approximate surface area is 138 Å². The van der Waals surface area contributed by atoms with E-state index in [1.165, 1.54) is 0 Å². The highest BCUT2D eigenvalue weighted by Crippen LogP contribution is 2.50. The first-order valence-electron chi connectivity index (χ1n) is 7.45. The van der Waals surface area contributed by atoms with Crippen molar-refractivity contribution < 1.29 is 14.7 Å². The molecule has 3 rings (SSSR count). The zero-order valence-electron chi connectivity index (χ0n) is 11.9. The standard InChI is InChI=1S/C16H17Cl2NO3/c17-8-4-5-9(13(18)6-8)11-7-12(11)15(20)19-14-3-1-2-10(14)16(21)22/h4-6,10-12,14H,1-3,7H2,(H,19,20)(H,21,22)/t10-,11?,12?,14+/m1/s1. The van der Waals surface area contributed by atoms with Crippen LogP contribution in [0.1, 0.15) is 37.2 Å². The number of rotatable bonds is 4. The van der Waals surface area contributed by atoms with Gasteiger partial charge in [-0.2, -0.15) is 0 Å². The van der Waals surface area contributed by atoms with Gasteiger partial charge in [-0.05, 0) is 42.9 Å². The Morgan fingerprint density at radius 3 is 2.64 bits per heavy atom. The van der Waals surface area contributed by atoms with Crippen LogP contribution in [-0.4, -0.2) is 23.0 Å². The summed E-state index contributed by atoms with van der Waals surface area (Å²) in [5.41, 5.74) is 0.937. The number of benzene rings is 1. The highest BCUT2D eigenvalue weighted by molar-refractivity contribution is 6.35. The second-order valence-corrected chi connectivity index (χ2v) is 6.95. The van der Waals surface area contributed by atoms with E-state index in [0.717, 1.165) is 24.8 Å². The second kappa shape index (κ2) is 6.09. The fourth-order valence-corrected chi connectivity index (χ4v) is 3.90. The normalized spacial score (nSPS) is 30.1. The molecule has 2 saturated carbocycles. The van der Waals surface area contributed by atoms with Crippen LogP contribution in [0.15, 0.2) is 18.2 Å². The third kappa shape index (κ3) is 3.08. The van der Waals surface area contributed by atoms with Crippen LogP contribution in [0.25, 0.3) is 0 Å². The number of carboxylic acid groups (broad SMARTS) is 1. The summed E-state index contributed by atoms with van der Waals surface area (Å²) in [5.74, 6) is -1.35. The van der Waals surface area contributed by atoms with Gasteiger partial charge in [0.05, 0.1) is 5.92 Å². The monoisotopic (exact) mass is 341 g/mol. The van der Waals surface area contributed by atoms with Crippen LogP contribution >= 0.6 is 23.2 Å². The average Bonchev–Trinajstić information content (AvgIpc) is 3.10. The van der Waals surface area contributed by atoms with Crippen molar-refractivity contribution in [3.05, 3.63) is 33.8 Å². The number of amides is 1. The number of carbonyl (C=O) groups is 2. The van der Waals surface area contributed by atoms with Gasteiger partial charge in [0, 0.05) is 22.0 Å². The molecule has 1 amide bonds. The van der Waals surface area contributed by atoms with Crippen molar-refractivity contribution in [2.24, 2.45) is 11.8 Å². The molecule has 0 aliphatic heterocycles. The van der Waals surface area contributed by atoms with E-state index in [9.17, 15) is 9.59 Å². The van der Waals surface area contributed by atoms with E-state index in [4.69, 9.17) is 28.3 Å². The lowest BCUT2D eigenvalue weighted by Gasteiger charge is -2.17. The summed E-state index contributed by atoms with van der Waals surface area (Å²) in [7, 11) is 0. The Kier molecular flexibility index (Phi) is 4.33. The number of hydrogen-bond donors (Lipinski definition) is 2. The number of carboxylic acids is 1. The number of carbonyl (C=O) groups excluding carboxylic acids is 1. The second-order valence-electron chi connectivity index (χ2n) is 6.11. The molecule has 4 atom stereocenters. The van der Waals surface area contributed by atoms with E-state index in [2.05, 4.69) is 5.32 Å². The Hall–Kier alpha value is -1.26. The van der Waals surface area contributed by atoms with Crippen molar-refractivity contribution in [3.8, 4) is 0 Å². The molecular weight excluding hydrogens is 325 g/mol. The molecule has 0 radical (unpaired) electrons. The summed E-state index contributed by atoms with van der Waals surface area (Å²) >= 11 is 12.1. The molecule has 0 aromatic heterocycles. The number of halogens is 2. The molecule has 4 nitrogen and oxygen atoms in total. The van der Waals surface area contributed by atoms with Gasteiger partial charge in [-0.3, -0.25) is 9.59 Å². The van der Waals surface area contributed by atoms with Gasteiger partial charge in [0.1, 0.15) is 0 Å². The maximum atomic E-state index is 12.3. The third-order valence-electron chi connectivity index (χ3n) is 4.65. The van der Waals surface area contributed by atoms with Crippen molar-refractivity contribution in [3.63, 3.8) is 0 Å². The highest BCUT2D eigenvalue weighted by Gasteiger charge is 2.46. The lowest BCUT2D eigenvalue weighted by molar-refractivity contribution is -0.142. The molecule has 0 bridgehead atoms. The average molecular weight is 342 g/mol. The molecule has 22 heavy (non-hydrogen) atoms. The van der Waals surface area contributed by atoms with Crippen LogP contribution in [0.2, 0.25) is 10.0 Å². The fourth-order valence-electron chi connectivity index (χ4n) is 3.35. The highest BCUT2D eigenvalue weighted by atomic mass is 35.5. The van der Waals surface area contributed by atoms with E-state index < -0.39 is 11.9 Å². The largest absolute Gasteiger partial charge is 0.481 e. The van der Waals surface area contributed by atoms with Crippen LogP contribution in [0.5, 0.6) is 0 Å². The minimum absolute atomic E-state index is 0.0610. The van der Waals surface area contributed by atoms with Crippen LogP contribution < -0.4 is 5.32 Å². The molecule has 6 heteroatoms. The molecule has 2 fully saturated rings. The Bertz CT molecular complexity index is 619. The lowest BCUT2D eigenvalue weighted by Crippen LogP contribution is -2.41.